The molecule has 2 aromatic carbocycles. The van der Waals surface area contributed by atoms with Crippen LogP contribution in [0.3, 0.4) is 0 Å². The van der Waals surface area contributed by atoms with Crippen LogP contribution in [0.2, 0.25) is 5.02 Å². The lowest BCUT2D eigenvalue weighted by atomic mass is 9.92. The maximum absolute atomic E-state index is 13.8. The van der Waals surface area contributed by atoms with E-state index in [1.165, 1.54) is 29.7 Å². The Labute approximate surface area is 177 Å². The average Bonchev–Trinajstić information content (AvgIpc) is 3.06. The van der Waals surface area contributed by atoms with E-state index in [-0.39, 0.29) is 18.5 Å². The van der Waals surface area contributed by atoms with E-state index in [1.54, 1.807) is 12.1 Å². The first kappa shape index (κ1) is 23.8. The van der Waals surface area contributed by atoms with Crippen LogP contribution in [0.5, 0.6) is 0 Å². The third kappa shape index (κ3) is 4.47. The highest BCUT2D eigenvalue weighted by Crippen LogP contribution is 2.44. The van der Waals surface area contributed by atoms with E-state index in [9.17, 15) is 23.1 Å². The van der Waals surface area contributed by atoms with Crippen LogP contribution in [0.25, 0.3) is 10.9 Å². The molecule has 30 heavy (non-hydrogen) atoms. The number of halogens is 4. The Kier molecular flexibility index (Phi) is 7.55. The number of nitrogens with zero attached hydrogens (tertiary/aromatic N) is 1. The van der Waals surface area contributed by atoms with Gasteiger partial charge in [0, 0.05) is 28.7 Å². The van der Waals surface area contributed by atoms with E-state index in [4.69, 9.17) is 11.6 Å². The van der Waals surface area contributed by atoms with Gasteiger partial charge in [-0.2, -0.15) is 13.2 Å². The molecule has 0 saturated heterocycles. The predicted octanol–water partition coefficient (Wildman–Crippen LogP) is 5.68. The molecule has 0 aliphatic carbocycles. The number of rotatable bonds is 5. The van der Waals surface area contributed by atoms with E-state index in [2.05, 4.69) is 4.74 Å². The Morgan fingerprint density at radius 2 is 1.77 bits per heavy atom. The van der Waals surface area contributed by atoms with Crippen molar-refractivity contribution in [2.75, 3.05) is 6.61 Å². The van der Waals surface area contributed by atoms with Gasteiger partial charge in [0.1, 0.15) is 0 Å². The van der Waals surface area contributed by atoms with Gasteiger partial charge in [0.25, 0.3) is 5.60 Å². The van der Waals surface area contributed by atoms with Crippen molar-refractivity contribution in [3.8, 4) is 0 Å². The summed E-state index contributed by atoms with van der Waals surface area (Å²) < 4.78 is 47.5. The lowest BCUT2D eigenvalue weighted by Crippen LogP contribution is -2.50. The number of hydrogen-bond donors (Lipinski definition) is 1. The van der Waals surface area contributed by atoms with Gasteiger partial charge in [0.05, 0.1) is 12.1 Å². The summed E-state index contributed by atoms with van der Waals surface area (Å²) in [6.45, 7) is 5.30. The van der Waals surface area contributed by atoms with Gasteiger partial charge < -0.3 is 14.4 Å². The fraction of sp³-hybridized carbons (Fsp3) is 0.318. The van der Waals surface area contributed by atoms with Gasteiger partial charge in [0.15, 0.2) is 0 Å². The van der Waals surface area contributed by atoms with E-state index < -0.39 is 23.3 Å². The Morgan fingerprint density at radius 3 is 2.33 bits per heavy atom. The number of alkyl halides is 3. The minimum atomic E-state index is -5.27. The van der Waals surface area contributed by atoms with Crippen LogP contribution in [0.4, 0.5) is 13.2 Å². The van der Waals surface area contributed by atoms with Crippen molar-refractivity contribution in [1.29, 1.82) is 0 Å². The SMILES string of the molecule is CC.CCOC(=O)C(O)(c1cn(Cc2ccccc2)c2cc(Cl)ccc12)C(F)(F)F. The molecule has 1 heterocycles. The molecule has 1 aromatic heterocycles. The number of ether oxygens (including phenoxy) is 1. The maximum atomic E-state index is 13.8. The highest BCUT2D eigenvalue weighted by molar-refractivity contribution is 6.31. The summed E-state index contributed by atoms with van der Waals surface area (Å²) in [7, 11) is 0. The van der Waals surface area contributed by atoms with Crippen LogP contribution < -0.4 is 0 Å². The summed E-state index contributed by atoms with van der Waals surface area (Å²) in [4.78, 5) is 12.2. The smallest absolute Gasteiger partial charge is 0.432 e. The lowest BCUT2D eigenvalue weighted by Gasteiger charge is -2.27. The van der Waals surface area contributed by atoms with Crippen LogP contribution >= 0.6 is 11.6 Å². The molecule has 0 spiro atoms. The van der Waals surface area contributed by atoms with Crippen molar-refractivity contribution in [2.45, 2.75) is 39.1 Å². The molecule has 0 saturated carbocycles. The largest absolute Gasteiger partial charge is 0.463 e. The van der Waals surface area contributed by atoms with E-state index >= 15 is 0 Å². The van der Waals surface area contributed by atoms with Crippen LogP contribution in [-0.4, -0.2) is 28.4 Å². The molecule has 0 amide bonds. The minimum Gasteiger partial charge on any atom is -0.463 e. The van der Waals surface area contributed by atoms with Gasteiger partial charge in [-0.05, 0) is 24.6 Å². The van der Waals surface area contributed by atoms with Crippen LogP contribution in [-0.2, 0) is 21.7 Å². The lowest BCUT2D eigenvalue weighted by molar-refractivity contribution is -0.267. The molecule has 4 nitrogen and oxygen atoms in total. The molecule has 162 valence electrons. The fourth-order valence-electron chi connectivity index (χ4n) is 3.08. The second kappa shape index (κ2) is 9.53. The topological polar surface area (TPSA) is 51.5 Å². The normalized spacial score (nSPS) is 13.3. The third-order valence-electron chi connectivity index (χ3n) is 4.41. The summed E-state index contributed by atoms with van der Waals surface area (Å²) in [5.74, 6) is -1.77. The number of hydrogen-bond acceptors (Lipinski definition) is 3. The molecule has 1 atom stereocenters. The first-order valence-electron chi connectivity index (χ1n) is 9.47. The average molecular weight is 442 g/mol. The van der Waals surface area contributed by atoms with Crippen LogP contribution in [0, 0.1) is 0 Å². The number of aliphatic hydroxyl groups is 1. The molecule has 1 N–H and O–H groups in total. The summed E-state index contributed by atoms with van der Waals surface area (Å²) >= 11 is 6.03. The van der Waals surface area contributed by atoms with Gasteiger partial charge in [-0.25, -0.2) is 4.79 Å². The number of carbonyl (C=O) groups is 1. The standard InChI is InChI=1S/C20H17ClF3NO3.C2H6/c1-2-28-18(26)19(27,20(22,23)24)16-12-25(11-13-6-4-3-5-7-13)17-10-14(21)8-9-15(16)17;1-2/h3-10,12,27H,2,11H2,1H3;1-2H3. The molecule has 8 heteroatoms. The molecular formula is C22H23ClF3NO3. The van der Waals surface area contributed by atoms with Gasteiger partial charge in [-0.1, -0.05) is 61.8 Å². The zero-order valence-electron chi connectivity index (χ0n) is 16.8. The highest BCUT2D eigenvalue weighted by Gasteiger charge is 2.63. The molecule has 0 fully saturated rings. The molecule has 0 bridgehead atoms. The Bertz CT molecular complexity index is 1000. The first-order valence-corrected chi connectivity index (χ1v) is 9.85. The fourth-order valence-corrected chi connectivity index (χ4v) is 3.24. The van der Waals surface area contributed by atoms with Crippen molar-refractivity contribution in [1.82, 2.24) is 4.57 Å². The van der Waals surface area contributed by atoms with Crippen LogP contribution in [0.15, 0.2) is 54.7 Å². The van der Waals surface area contributed by atoms with Gasteiger partial charge >= 0.3 is 12.1 Å². The molecular weight excluding hydrogens is 419 g/mol. The predicted molar refractivity (Wildman–Crippen MR) is 110 cm³/mol. The monoisotopic (exact) mass is 441 g/mol. The van der Waals surface area contributed by atoms with Gasteiger partial charge in [-0.15, -0.1) is 0 Å². The number of carbonyl (C=O) groups excluding carboxylic acids is 1. The van der Waals surface area contributed by atoms with Crippen LogP contribution in [0.1, 0.15) is 31.9 Å². The first-order chi connectivity index (χ1) is 14.2. The quantitative estimate of drug-likeness (QED) is 0.518. The van der Waals surface area contributed by atoms with E-state index in [0.29, 0.717) is 10.5 Å². The zero-order chi connectivity index (χ0) is 22.5. The summed E-state index contributed by atoms with van der Waals surface area (Å²) in [6.07, 6.45) is -4.15. The summed E-state index contributed by atoms with van der Waals surface area (Å²) in [5, 5.41) is 10.9. The molecule has 0 radical (unpaired) electrons. The number of benzene rings is 2. The number of aromatic nitrogens is 1. The van der Waals surface area contributed by atoms with Crippen molar-refractivity contribution in [3.05, 3.63) is 70.9 Å². The summed E-state index contributed by atoms with van der Waals surface area (Å²) in [6, 6.07) is 13.3. The molecule has 3 rings (SSSR count). The Balaban J connectivity index is 0.00000155. The molecule has 0 aliphatic heterocycles. The minimum absolute atomic E-state index is 0.0632. The molecule has 0 aliphatic rings. The third-order valence-corrected chi connectivity index (χ3v) is 4.65. The van der Waals surface area contributed by atoms with Gasteiger partial charge in [-0.3, -0.25) is 0 Å². The van der Waals surface area contributed by atoms with Crippen molar-refractivity contribution >= 4 is 28.5 Å². The van der Waals surface area contributed by atoms with Crippen molar-refractivity contribution in [3.63, 3.8) is 0 Å². The van der Waals surface area contributed by atoms with Crippen molar-refractivity contribution < 1.29 is 27.8 Å². The second-order valence-electron chi connectivity index (χ2n) is 6.25. The number of esters is 1. The van der Waals surface area contributed by atoms with Gasteiger partial charge in [0.2, 0.25) is 0 Å². The van der Waals surface area contributed by atoms with Crippen molar-refractivity contribution in [2.24, 2.45) is 0 Å². The summed E-state index contributed by atoms with van der Waals surface area (Å²) in [5.41, 5.74) is -3.20. The second-order valence-corrected chi connectivity index (χ2v) is 6.68. The maximum Gasteiger partial charge on any atom is 0.432 e. The Hall–Kier alpha value is -2.51. The van der Waals surface area contributed by atoms with E-state index in [0.717, 1.165) is 11.8 Å². The molecule has 3 aromatic rings. The highest BCUT2D eigenvalue weighted by atomic mass is 35.5. The zero-order valence-corrected chi connectivity index (χ0v) is 17.6. The van der Waals surface area contributed by atoms with E-state index in [1.807, 2.05) is 32.0 Å². The Morgan fingerprint density at radius 1 is 1.13 bits per heavy atom. The number of fused-ring (bicyclic) bond motifs is 1. The molecule has 1 unspecified atom stereocenters.